The van der Waals surface area contributed by atoms with E-state index in [1.54, 1.807) is 0 Å². The Hall–Kier alpha value is -1.76. The molecule has 4 nitrogen and oxygen atoms in total. The van der Waals surface area contributed by atoms with Gasteiger partial charge in [0.2, 0.25) is 0 Å². The van der Waals surface area contributed by atoms with Crippen molar-refractivity contribution in [2.45, 2.75) is 83.1 Å². The molecule has 1 aliphatic heterocycles. The molecule has 0 aromatic heterocycles. The molecule has 0 radical (unpaired) electrons. The highest BCUT2D eigenvalue weighted by molar-refractivity contribution is 6.99. The van der Waals surface area contributed by atoms with Crippen LogP contribution in [0, 0.1) is 5.92 Å². The standard InChI is InChI=1S/C30H44O4Si/c1-24(23-25(31)18-19-26-13-11-12-21-33-26)29(32)20-22-34-35(30(2,3)4,27-14-7-5-8-15-27)28-16-9-6-10-17-28/h5-11,13-17,24-26,29,31-32H,12,18-23H2,1-4H3/t24-,25-,26?,29-/m1/s1. The Balaban J connectivity index is 1.62. The third-order valence-electron chi connectivity index (χ3n) is 7.20. The number of ether oxygens (including phenoxy) is 1. The van der Waals surface area contributed by atoms with Crippen LogP contribution in [0.15, 0.2) is 72.8 Å². The molecule has 1 aliphatic rings. The molecular weight excluding hydrogens is 452 g/mol. The van der Waals surface area contributed by atoms with Crippen LogP contribution in [-0.2, 0) is 9.16 Å². The van der Waals surface area contributed by atoms with Gasteiger partial charge in [-0.2, -0.15) is 0 Å². The van der Waals surface area contributed by atoms with Crippen LogP contribution in [-0.4, -0.2) is 50.1 Å². The van der Waals surface area contributed by atoms with Crippen LogP contribution < -0.4 is 10.4 Å². The molecule has 0 saturated carbocycles. The summed E-state index contributed by atoms with van der Waals surface area (Å²) >= 11 is 0. The molecule has 5 heteroatoms. The number of benzene rings is 2. The molecule has 0 saturated heterocycles. The first-order valence-electron chi connectivity index (χ1n) is 13.1. The van der Waals surface area contributed by atoms with Crippen LogP contribution in [0.4, 0.5) is 0 Å². The number of hydrogen-bond donors (Lipinski definition) is 2. The predicted molar refractivity (Wildman–Crippen MR) is 147 cm³/mol. The summed E-state index contributed by atoms with van der Waals surface area (Å²) in [6.07, 6.45) is 7.00. The molecule has 0 amide bonds. The summed E-state index contributed by atoms with van der Waals surface area (Å²) in [5.41, 5.74) is 0. The van der Waals surface area contributed by atoms with Crippen LogP contribution in [0.5, 0.6) is 0 Å². The fourth-order valence-electron chi connectivity index (χ4n) is 5.21. The van der Waals surface area contributed by atoms with Crippen LogP contribution in [0.2, 0.25) is 5.04 Å². The summed E-state index contributed by atoms with van der Waals surface area (Å²) in [7, 11) is -2.60. The lowest BCUT2D eigenvalue weighted by Crippen LogP contribution is -2.66. The molecular formula is C30H44O4Si. The zero-order chi connectivity index (χ0) is 25.3. The lowest BCUT2D eigenvalue weighted by Gasteiger charge is -2.43. The van der Waals surface area contributed by atoms with Gasteiger partial charge in [0.25, 0.3) is 8.32 Å². The van der Waals surface area contributed by atoms with Crippen molar-refractivity contribution in [2.24, 2.45) is 5.92 Å². The van der Waals surface area contributed by atoms with E-state index in [-0.39, 0.29) is 17.1 Å². The summed E-state index contributed by atoms with van der Waals surface area (Å²) in [5, 5.41) is 23.9. The summed E-state index contributed by atoms with van der Waals surface area (Å²) in [5.74, 6) is -0.00410. The predicted octanol–water partition coefficient (Wildman–Crippen LogP) is 4.83. The molecule has 4 atom stereocenters. The van der Waals surface area contributed by atoms with E-state index in [9.17, 15) is 10.2 Å². The molecule has 35 heavy (non-hydrogen) atoms. The van der Waals surface area contributed by atoms with E-state index in [1.165, 1.54) is 10.4 Å². The fourth-order valence-corrected chi connectivity index (χ4v) is 9.79. The largest absolute Gasteiger partial charge is 0.407 e. The van der Waals surface area contributed by atoms with Crippen LogP contribution in [0.1, 0.15) is 59.8 Å². The fraction of sp³-hybridized carbons (Fsp3) is 0.533. The average molecular weight is 497 g/mol. The third-order valence-corrected chi connectivity index (χ3v) is 12.2. The van der Waals surface area contributed by atoms with Gasteiger partial charge in [-0.05, 0) is 53.4 Å². The molecule has 1 unspecified atom stereocenters. The molecule has 1 heterocycles. The first-order chi connectivity index (χ1) is 16.7. The monoisotopic (exact) mass is 496 g/mol. The molecule has 2 N–H and O–H groups in total. The van der Waals surface area contributed by atoms with Crippen molar-refractivity contribution in [3.63, 3.8) is 0 Å². The maximum atomic E-state index is 10.9. The van der Waals surface area contributed by atoms with Gasteiger partial charge >= 0.3 is 0 Å². The Morgan fingerprint density at radius 3 is 2.09 bits per heavy atom. The highest BCUT2D eigenvalue weighted by atomic mass is 28.4. The number of aliphatic hydroxyl groups is 2. The second-order valence-electron chi connectivity index (χ2n) is 10.9. The topological polar surface area (TPSA) is 58.9 Å². The maximum absolute atomic E-state index is 10.9. The van der Waals surface area contributed by atoms with Gasteiger partial charge in [0.1, 0.15) is 0 Å². The summed E-state index contributed by atoms with van der Waals surface area (Å²) in [6.45, 7) is 10.1. The smallest absolute Gasteiger partial charge is 0.261 e. The maximum Gasteiger partial charge on any atom is 0.261 e. The van der Waals surface area contributed by atoms with Gasteiger partial charge < -0.3 is 19.4 Å². The van der Waals surface area contributed by atoms with Gasteiger partial charge in [-0.1, -0.05) is 101 Å². The van der Waals surface area contributed by atoms with Gasteiger partial charge in [0.15, 0.2) is 0 Å². The van der Waals surface area contributed by atoms with Crippen molar-refractivity contribution >= 4 is 18.7 Å². The minimum Gasteiger partial charge on any atom is -0.407 e. The van der Waals surface area contributed by atoms with Crippen molar-refractivity contribution in [3.05, 3.63) is 72.8 Å². The van der Waals surface area contributed by atoms with E-state index in [1.807, 2.05) is 19.1 Å². The van der Waals surface area contributed by atoms with Gasteiger partial charge in [0, 0.05) is 6.61 Å². The minimum absolute atomic E-state index is 0.00410. The van der Waals surface area contributed by atoms with E-state index in [2.05, 4.69) is 81.5 Å². The molecule has 0 spiro atoms. The van der Waals surface area contributed by atoms with E-state index in [0.717, 1.165) is 19.4 Å². The van der Waals surface area contributed by atoms with E-state index in [4.69, 9.17) is 9.16 Å². The highest BCUT2D eigenvalue weighted by Crippen LogP contribution is 2.37. The molecule has 2 aromatic rings. The zero-order valence-corrected chi connectivity index (χ0v) is 22.9. The second-order valence-corrected chi connectivity index (χ2v) is 15.2. The first-order valence-corrected chi connectivity index (χ1v) is 15.0. The van der Waals surface area contributed by atoms with Gasteiger partial charge in [-0.3, -0.25) is 0 Å². The number of aliphatic hydroxyl groups excluding tert-OH is 2. The van der Waals surface area contributed by atoms with Gasteiger partial charge in [-0.15, -0.1) is 0 Å². The van der Waals surface area contributed by atoms with Crippen LogP contribution >= 0.6 is 0 Å². The van der Waals surface area contributed by atoms with Gasteiger partial charge in [0.05, 0.1) is 24.9 Å². The molecule has 0 fully saturated rings. The number of rotatable bonds is 12. The minimum atomic E-state index is -2.60. The van der Waals surface area contributed by atoms with E-state index >= 15 is 0 Å². The van der Waals surface area contributed by atoms with E-state index in [0.29, 0.717) is 25.9 Å². The Kier molecular flexibility index (Phi) is 10.3. The quantitative estimate of drug-likeness (QED) is 0.327. The zero-order valence-electron chi connectivity index (χ0n) is 21.9. The van der Waals surface area contributed by atoms with Crippen molar-refractivity contribution in [1.29, 1.82) is 0 Å². The lowest BCUT2D eigenvalue weighted by molar-refractivity contribution is 0.0353. The molecule has 192 valence electrons. The highest BCUT2D eigenvalue weighted by Gasteiger charge is 2.50. The Morgan fingerprint density at radius 2 is 1.57 bits per heavy atom. The van der Waals surface area contributed by atoms with Gasteiger partial charge in [-0.25, -0.2) is 0 Å². The first kappa shape index (κ1) is 27.8. The van der Waals surface area contributed by atoms with Crippen molar-refractivity contribution in [2.75, 3.05) is 13.2 Å². The molecule has 0 aliphatic carbocycles. The third kappa shape index (κ3) is 7.37. The molecule has 3 rings (SSSR count). The molecule has 2 aromatic carbocycles. The second kappa shape index (κ2) is 13.0. The average Bonchev–Trinajstić information content (AvgIpc) is 2.86. The Labute approximate surface area is 213 Å². The van der Waals surface area contributed by atoms with Crippen molar-refractivity contribution < 1.29 is 19.4 Å². The normalized spacial score (nSPS) is 19.3. The van der Waals surface area contributed by atoms with Crippen LogP contribution in [0.25, 0.3) is 0 Å². The SMILES string of the molecule is C[C@H](C[C@H](O)CCC1C=CCCO1)[C@H](O)CCO[Si](c1ccccc1)(c1ccccc1)C(C)(C)C. The van der Waals surface area contributed by atoms with Crippen molar-refractivity contribution in [1.82, 2.24) is 0 Å². The summed E-state index contributed by atoms with van der Waals surface area (Å²) in [6, 6.07) is 21.2. The summed E-state index contributed by atoms with van der Waals surface area (Å²) in [4.78, 5) is 0. The Morgan fingerprint density at radius 1 is 0.971 bits per heavy atom. The number of hydrogen-bond acceptors (Lipinski definition) is 4. The Bertz CT molecular complexity index is 854. The van der Waals surface area contributed by atoms with Crippen molar-refractivity contribution in [3.8, 4) is 0 Å². The summed E-state index contributed by atoms with van der Waals surface area (Å²) < 4.78 is 12.6. The lowest BCUT2D eigenvalue weighted by atomic mass is 9.93. The van der Waals surface area contributed by atoms with Crippen LogP contribution in [0.3, 0.4) is 0 Å². The molecule has 0 bridgehead atoms. The van der Waals surface area contributed by atoms with E-state index < -0.39 is 20.5 Å².